The van der Waals surface area contributed by atoms with Crippen molar-refractivity contribution in [2.24, 2.45) is 17.2 Å². The summed E-state index contributed by atoms with van der Waals surface area (Å²) in [4.78, 5) is 68.2. The van der Waals surface area contributed by atoms with Gasteiger partial charge in [-0.05, 0) is 19.3 Å². The van der Waals surface area contributed by atoms with Gasteiger partial charge in [-0.25, -0.2) is 9.59 Å². The lowest BCUT2D eigenvalue weighted by molar-refractivity contribution is -0.151. The van der Waals surface area contributed by atoms with Crippen LogP contribution in [-0.4, -0.2) is 73.0 Å². The first-order chi connectivity index (χ1) is 12.7. The van der Waals surface area contributed by atoms with Crippen LogP contribution in [0.5, 0.6) is 0 Å². The van der Waals surface area contributed by atoms with E-state index in [4.69, 9.17) is 37.6 Å². The van der Waals surface area contributed by atoms with Crippen molar-refractivity contribution in [2.45, 2.75) is 55.6 Å². The maximum absolute atomic E-state index is 12.3. The fourth-order valence-corrected chi connectivity index (χ4v) is 2.28. The molecule has 0 spiro atoms. The Labute approximate surface area is 158 Å². The normalized spacial score (nSPS) is 16.2. The highest BCUT2D eigenvalue weighted by Crippen LogP contribution is 2.19. The molecule has 0 rings (SSSR count). The molecule has 0 aromatic heterocycles. The Hall–Kier alpha value is -2.90. The van der Waals surface area contributed by atoms with Gasteiger partial charge in [0.2, 0.25) is 0 Å². The highest BCUT2D eigenvalue weighted by atomic mass is 16.4. The number of rotatable bonds is 14. The first-order valence-electron chi connectivity index (χ1n) is 7.99. The van der Waals surface area contributed by atoms with E-state index in [2.05, 4.69) is 0 Å². The summed E-state index contributed by atoms with van der Waals surface area (Å²) in [7, 11) is 0. The van der Waals surface area contributed by atoms with Gasteiger partial charge in [0.05, 0.1) is 6.04 Å². The first-order valence-corrected chi connectivity index (χ1v) is 7.99. The Morgan fingerprint density at radius 1 is 0.714 bits per heavy atom. The maximum Gasteiger partial charge on any atom is 0.331 e. The van der Waals surface area contributed by atoms with Crippen LogP contribution in [0.25, 0.3) is 0 Å². The molecule has 0 saturated heterocycles. The molecule has 0 bridgehead atoms. The lowest BCUT2D eigenvalue weighted by atomic mass is 9.82. The molecule has 0 heterocycles. The van der Waals surface area contributed by atoms with E-state index in [-0.39, 0.29) is 0 Å². The molecule has 0 aromatic rings. The van der Waals surface area contributed by atoms with E-state index in [0.29, 0.717) is 0 Å². The predicted molar refractivity (Wildman–Crippen MR) is 90.1 cm³/mol. The molecule has 0 aliphatic carbocycles. The number of ketones is 2. The third kappa shape index (κ3) is 6.37. The summed E-state index contributed by atoms with van der Waals surface area (Å²) < 4.78 is 0. The minimum atomic E-state index is -2.60. The topological polar surface area (TPSA) is 261 Å². The summed E-state index contributed by atoms with van der Waals surface area (Å²) in [5.74, 6) is -8.67. The van der Waals surface area contributed by atoms with Gasteiger partial charge in [-0.1, -0.05) is 0 Å². The van der Waals surface area contributed by atoms with E-state index in [1.165, 1.54) is 0 Å². The Bertz CT molecular complexity index is 679. The van der Waals surface area contributed by atoms with Crippen molar-refractivity contribution in [1.82, 2.24) is 0 Å². The molecule has 0 radical (unpaired) electrons. The molecule has 0 aliphatic heterocycles. The zero-order valence-electron chi connectivity index (χ0n) is 14.8. The highest BCUT2D eigenvalue weighted by molar-refractivity contribution is 6.11. The molecule has 13 nitrogen and oxygen atoms in total. The van der Waals surface area contributed by atoms with E-state index >= 15 is 0 Å². The van der Waals surface area contributed by atoms with E-state index < -0.39 is 91.1 Å². The second-order valence-corrected chi connectivity index (χ2v) is 6.27. The van der Waals surface area contributed by atoms with Crippen molar-refractivity contribution in [1.29, 1.82) is 0 Å². The molecule has 0 saturated carbocycles. The summed E-state index contributed by atoms with van der Waals surface area (Å²) in [6, 6.07) is -1.61. The minimum Gasteiger partial charge on any atom is -0.481 e. The fraction of sp³-hybridized carbons (Fsp3) is 0.600. The Balaban J connectivity index is 5.20. The quantitative estimate of drug-likeness (QED) is 0.148. The van der Waals surface area contributed by atoms with E-state index in [1.54, 1.807) is 0 Å². The number of carboxylic acid groups (broad SMARTS) is 4. The van der Waals surface area contributed by atoms with Gasteiger partial charge in [-0.2, -0.15) is 0 Å². The maximum atomic E-state index is 12.3. The number of hydrogen-bond acceptors (Lipinski definition) is 9. The molecule has 0 amide bonds. The lowest BCUT2D eigenvalue weighted by Crippen LogP contribution is -2.60. The highest BCUT2D eigenvalue weighted by Gasteiger charge is 2.46. The van der Waals surface area contributed by atoms with Gasteiger partial charge in [0, 0.05) is 19.3 Å². The summed E-state index contributed by atoms with van der Waals surface area (Å²) in [5, 5.41) is 35.5. The van der Waals surface area contributed by atoms with Crippen molar-refractivity contribution in [3.63, 3.8) is 0 Å². The number of hydrogen-bond donors (Lipinski definition) is 7. The molecule has 0 aromatic carbocycles. The molecule has 3 unspecified atom stereocenters. The van der Waals surface area contributed by atoms with Crippen LogP contribution >= 0.6 is 0 Å². The van der Waals surface area contributed by atoms with Crippen LogP contribution in [0.2, 0.25) is 0 Å². The van der Waals surface area contributed by atoms with Gasteiger partial charge in [-0.3, -0.25) is 19.2 Å². The van der Waals surface area contributed by atoms with E-state index in [1.807, 2.05) is 0 Å². The SMILES string of the molecule is NC(CCC(=O)C(N)(CCC(=O)O)C(=O)O)C(=O)C(N)(CCC(=O)O)C(=O)O. The Morgan fingerprint density at radius 3 is 1.46 bits per heavy atom. The zero-order chi connectivity index (χ0) is 22.3. The summed E-state index contributed by atoms with van der Waals surface area (Å²) in [6.07, 6.45) is -4.04. The standard InChI is InChI=1S/C15H23N3O10/c16-7(11(24)15(18,13(27)28)6-4-10(22)23)1-2-8(19)14(17,12(25)26)5-3-9(20)21/h7H,1-6,16-18H2,(H,20,21)(H,22,23)(H,25,26)(H,27,28). The molecule has 13 heteroatoms. The smallest absolute Gasteiger partial charge is 0.331 e. The third-order valence-corrected chi connectivity index (χ3v) is 4.19. The zero-order valence-corrected chi connectivity index (χ0v) is 14.8. The number of carbonyl (C=O) groups excluding carboxylic acids is 2. The molecule has 0 fully saturated rings. The van der Waals surface area contributed by atoms with Crippen LogP contribution in [0.4, 0.5) is 0 Å². The van der Waals surface area contributed by atoms with Crippen molar-refractivity contribution < 1.29 is 49.2 Å². The monoisotopic (exact) mass is 405 g/mol. The molecule has 158 valence electrons. The van der Waals surface area contributed by atoms with Crippen LogP contribution in [0.3, 0.4) is 0 Å². The van der Waals surface area contributed by atoms with Crippen molar-refractivity contribution in [3.05, 3.63) is 0 Å². The van der Waals surface area contributed by atoms with Gasteiger partial charge in [-0.15, -0.1) is 0 Å². The fourth-order valence-electron chi connectivity index (χ4n) is 2.28. The number of carboxylic acids is 4. The van der Waals surface area contributed by atoms with Crippen LogP contribution < -0.4 is 17.2 Å². The van der Waals surface area contributed by atoms with Gasteiger partial charge in [0.15, 0.2) is 22.6 Å². The van der Waals surface area contributed by atoms with E-state index in [9.17, 15) is 28.8 Å². The van der Waals surface area contributed by atoms with Crippen LogP contribution in [-0.2, 0) is 28.8 Å². The number of carbonyl (C=O) groups is 6. The summed E-state index contributed by atoms with van der Waals surface area (Å²) in [5.41, 5.74) is 11.4. The van der Waals surface area contributed by atoms with Crippen LogP contribution in [0.15, 0.2) is 0 Å². The summed E-state index contributed by atoms with van der Waals surface area (Å²) >= 11 is 0. The largest absolute Gasteiger partial charge is 0.481 e. The van der Waals surface area contributed by atoms with Gasteiger partial charge in [0.25, 0.3) is 0 Å². The van der Waals surface area contributed by atoms with Gasteiger partial charge >= 0.3 is 23.9 Å². The second-order valence-electron chi connectivity index (χ2n) is 6.27. The third-order valence-electron chi connectivity index (χ3n) is 4.19. The van der Waals surface area contributed by atoms with Crippen molar-refractivity contribution in [3.8, 4) is 0 Å². The van der Waals surface area contributed by atoms with Gasteiger partial charge < -0.3 is 37.6 Å². The minimum absolute atomic E-state index is 0.518. The van der Waals surface area contributed by atoms with E-state index in [0.717, 1.165) is 0 Å². The van der Waals surface area contributed by atoms with Crippen molar-refractivity contribution in [2.75, 3.05) is 0 Å². The number of Topliss-reactive ketones (excluding diaryl/α,β-unsaturated/α-hetero) is 2. The van der Waals surface area contributed by atoms with Crippen LogP contribution in [0.1, 0.15) is 38.5 Å². The van der Waals surface area contributed by atoms with Gasteiger partial charge in [0.1, 0.15) is 0 Å². The number of nitrogens with two attached hydrogens (primary N) is 3. The number of aliphatic carboxylic acids is 4. The lowest BCUT2D eigenvalue weighted by Gasteiger charge is -2.27. The molecule has 0 aliphatic rings. The molecule has 28 heavy (non-hydrogen) atoms. The summed E-state index contributed by atoms with van der Waals surface area (Å²) in [6.45, 7) is 0. The molecule has 10 N–H and O–H groups in total. The Kier molecular flexibility index (Phi) is 8.85. The predicted octanol–water partition coefficient (Wildman–Crippen LogP) is -2.47. The van der Waals surface area contributed by atoms with Crippen molar-refractivity contribution >= 4 is 35.4 Å². The average molecular weight is 405 g/mol. The van der Waals surface area contributed by atoms with Crippen LogP contribution in [0, 0.1) is 0 Å². The average Bonchev–Trinajstić information content (AvgIpc) is 2.60. The molecule has 3 atom stereocenters. The second kappa shape index (κ2) is 9.87. The first kappa shape index (κ1) is 25.1. The molecular weight excluding hydrogens is 382 g/mol. The molecular formula is C15H23N3O10. The Morgan fingerprint density at radius 2 is 1.11 bits per heavy atom.